The molecular formula is C28H28N2O5. The molecular weight excluding hydrogens is 444 g/mol. The zero-order valence-corrected chi connectivity index (χ0v) is 19.7. The molecule has 0 aromatic heterocycles. The number of ether oxygens (including phenoxy) is 1. The lowest BCUT2D eigenvalue weighted by molar-refractivity contribution is -0.137. The Morgan fingerprint density at radius 3 is 2.20 bits per heavy atom. The Bertz CT molecular complexity index is 1220. The molecule has 3 aromatic carbocycles. The van der Waals surface area contributed by atoms with Gasteiger partial charge in [-0.25, -0.2) is 4.79 Å². The van der Waals surface area contributed by atoms with Crippen LogP contribution in [0.15, 0.2) is 66.7 Å². The van der Waals surface area contributed by atoms with Crippen molar-refractivity contribution in [3.63, 3.8) is 0 Å². The number of carboxylic acid groups (broad SMARTS) is 1. The Hall–Kier alpha value is -4.13. The van der Waals surface area contributed by atoms with Gasteiger partial charge in [0.15, 0.2) is 0 Å². The number of aliphatic carboxylic acids is 1. The van der Waals surface area contributed by atoms with Gasteiger partial charge in [0, 0.05) is 29.6 Å². The average Bonchev–Trinajstić information content (AvgIpc) is 3.16. The number of benzene rings is 3. The minimum Gasteiger partial charge on any atom is -0.481 e. The molecule has 2 amide bonds. The second-order valence-corrected chi connectivity index (χ2v) is 8.74. The second kappa shape index (κ2) is 10.4. The fourth-order valence-corrected chi connectivity index (χ4v) is 4.48. The highest BCUT2D eigenvalue weighted by Gasteiger charge is 2.29. The van der Waals surface area contributed by atoms with Crippen molar-refractivity contribution in [2.24, 2.45) is 0 Å². The molecule has 35 heavy (non-hydrogen) atoms. The first kappa shape index (κ1) is 24.0. The van der Waals surface area contributed by atoms with E-state index in [0.29, 0.717) is 23.2 Å². The van der Waals surface area contributed by atoms with Crippen molar-refractivity contribution in [3.05, 3.63) is 89.0 Å². The summed E-state index contributed by atoms with van der Waals surface area (Å²) in [6, 6.07) is 21.0. The standard InChI is InChI=1S/C28H28N2O5/c1-17(14-15-26(31)32)29-27(33)19-12-7-13-25(18(19)2)30-28(34)35-16-24-22-10-5-3-8-20(22)21-9-4-6-11-23(21)24/h3-13,17,24H,14-16H2,1-2H3,(H,29,33)(H,30,34)(H,31,32). The van der Waals surface area contributed by atoms with Crippen LogP contribution in [0.1, 0.15) is 52.7 Å². The molecule has 1 aliphatic carbocycles. The summed E-state index contributed by atoms with van der Waals surface area (Å²) in [5.74, 6) is -1.27. The van der Waals surface area contributed by atoms with Crippen molar-refractivity contribution >= 4 is 23.7 Å². The van der Waals surface area contributed by atoms with Gasteiger partial charge < -0.3 is 15.2 Å². The number of hydrogen-bond donors (Lipinski definition) is 3. The number of rotatable bonds is 8. The molecule has 1 unspecified atom stereocenters. The summed E-state index contributed by atoms with van der Waals surface area (Å²) in [6.45, 7) is 3.70. The van der Waals surface area contributed by atoms with Crippen molar-refractivity contribution in [3.8, 4) is 11.1 Å². The molecule has 3 N–H and O–H groups in total. The second-order valence-electron chi connectivity index (χ2n) is 8.74. The normalized spacial score (nSPS) is 12.9. The molecule has 0 spiro atoms. The lowest BCUT2D eigenvalue weighted by atomic mass is 9.98. The molecule has 0 radical (unpaired) electrons. The summed E-state index contributed by atoms with van der Waals surface area (Å²) in [6.07, 6.45) is -0.288. The van der Waals surface area contributed by atoms with E-state index in [1.165, 1.54) is 0 Å². The maximum absolute atomic E-state index is 12.7. The van der Waals surface area contributed by atoms with Gasteiger partial charge in [0.05, 0.1) is 0 Å². The summed E-state index contributed by atoms with van der Waals surface area (Å²) in [5, 5.41) is 14.4. The molecule has 1 atom stereocenters. The van der Waals surface area contributed by atoms with Crippen LogP contribution < -0.4 is 10.6 Å². The summed E-state index contributed by atoms with van der Waals surface area (Å²) >= 11 is 0. The van der Waals surface area contributed by atoms with Crippen LogP contribution in [0, 0.1) is 6.92 Å². The largest absolute Gasteiger partial charge is 0.481 e. The van der Waals surface area contributed by atoms with Crippen molar-refractivity contribution < 1.29 is 24.2 Å². The quantitative estimate of drug-likeness (QED) is 0.411. The Morgan fingerprint density at radius 1 is 0.943 bits per heavy atom. The zero-order chi connectivity index (χ0) is 24.9. The third-order valence-corrected chi connectivity index (χ3v) is 6.33. The van der Waals surface area contributed by atoms with Gasteiger partial charge in [-0.3, -0.25) is 14.9 Å². The smallest absolute Gasteiger partial charge is 0.411 e. The van der Waals surface area contributed by atoms with Crippen LogP contribution in [0.25, 0.3) is 11.1 Å². The minimum absolute atomic E-state index is 0.0240. The van der Waals surface area contributed by atoms with E-state index in [-0.39, 0.29) is 30.9 Å². The van der Waals surface area contributed by atoms with Crippen LogP contribution in [0.5, 0.6) is 0 Å². The van der Waals surface area contributed by atoms with E-state index in [1.54, 1.807) is 32.0 Å². The number of fused-ring (bicyclic) bond motifs is 3. The van der Waals surface area contributed by atoms with Crippen LogP contribution in [0.4, 0.5) is 10.5 Å². The molecule has 4 rings (SSSR count). The van der Waals surface area contributed by atoms with Crippen LogP contribution in [0.2, 0.25) is 0 Å². The lowest BCUT2D eigenvalue weighted by Crippen LogP contribution is -2.33. The maximum Gasteiger partial charge on any atom is 0.411 e. The van der Waals surface area contributed by atoms with E-state index in [1.807, 2.05) is 24.3 Å². The fourth-order valence-electron chi connectivity index (χ4n) is 4.48. The number of carbonyl (C=O) groups excluding carboxylic acids is 2. The summed E-state index contributed by atoms with van der Waals surface area (Å²) in [5.41, 5.74) is 6.07. The van der Waals surface area contributed by atoms with Crippen LogP contribution in [-0.2, 0) is 9.53 Å². The molecule has 180 valence electrons. The first-order valence-electron chi connectivity index (χ1n) is 11.6. The van der Waals surface area contributed by atoms with E-state index >= 15 is 0 Å². The molecule has 7 heteroatoms. The van der Waals surface area contributed by atoms with Crippen molar-refractivity contribution in [1.29, 1.82) is 0 Å². The Kier molecular flexibility index (Phi) is 7.15. The highest BCUT2D eigenvalue weighted by atomic mass is 16.5. The Balaban J connectivity index is 1.40. The number of nitrogens with one attached hydrogen (secondary N) is 2. The summed E-state index contributed by atoms with van der Waals surface area (Å²) in [7, 11) is 0. The molecule has 0 aliphatic heterocycles. The van der Waals surface area contributed by atoms with Gasteiger partial charge in [0.1, 0.15) is 6.61 Å². The van der Waals surface area contributed by atoms with Crippen molar-refractivity contribution in [2.75, 3.05) is 11.9 Å². The van der Waals surface area contributed by atoms with E-state index in [2.05, 4.69) is 34.9 Å². The topological polar surface area (TPSA) is 105 Å². The molecule has 0 saturated heterocycles. The Labute approximate surface area is 204 Å². The molecule has 0 fully saturated rings. The van der Waals surface area contributed by atoms with Gasteiger partial charge in [0.2, 0.25) is 0 Å². The van der Waals surface area contributed by atoms with Gasteiger partial charge in [-0.2, -0.15) is 0 Å². The SMILES string of the molecule is Cc1c(NC(=O)OCC2c3ccccc3-c3ccccc32)cccc1C(=O)NC(C)CCC(=O)O. The number of carboxylic acids is 1. The first-order chi connectivity index (χ1) is 16.8. The third-order valence-electron chi connectivity index (χ3n) is 6.33. The molecule has 3 aromatic rings. The fraction of sp³-hybridized carbons (Fsp3) is 0.250. The summed E-state index contributed by atoms with van der Waals surface area (Å²) < 4.78 is 5.61. The molecule has 0 saturated carbocycles. The average molecular weight is 473 g/mol. The van der Waals surface area contributed by atoms with Crippen LogP contribution >= 0.6 is 0 Å². The monoisotopic (exact) mass is 472 g/mol. The van der Waals surface area contributed by atoms with Crippen LogP contribution in [-0.4, -0.2) is 35.7 Å². The Morgan fingerprint density at radius 2 is 1.57 bits per heavy atom. The third kappa shape index (κ3) is 5.35. The van der Waals surface area contributed by atoms with Crippen molar-refractivity contribution in [1.82, 2.24) is 5.32 Å². The summed E-state index contributed by atoms with van der Waals surface area (Å²) in [4.78, 5) is 36.1. The molecule has 0 heterocycles. The highest BCUT2D eigenvalue weighted by Crippen LogP contribution is 2.44. The van der Waals surface area contributed by atoms with Gasteiger partial charge in [-0.05, 0) is 60.2 Å². The number of hydrogen-bond acceptors (Lipinski definition) is 4. The van der Waals surface area contributed by atoms with E-state index in [9.17, 15) is 14.4 Å². The van der Waals surface area contributed by atoms with Crippen LogP contribution in [0.3, 0.4) is 0 Å². The predicted molar refractivity (Wildman–Crippen MR) is 134 cm³/mol. The molecule has 1 aliphatic rings. The van der Waals surface area contributed by atoms with E-state index < -0.39 is 12.1 Å². The van der Waals surface area contributed by atoms with Gasteiger partial charge in [0.25, 0.3) is 5.91 Å². The number of anilines is 1. The van der Waals surface area contributed by atoms with Gasteiger partial charge in [-0.1, -0.05) is 54.6 Å². The number of amides is 2. The highest BCUT2D eigenvalue weighted by molar-refractivity contribution is 5.98. The zero-order valence-electron chi connectivity index (χ0n) is 19.7. The molecule has 0 bridgehead atoms. The van der Waals surface area contributed by atoms with E-state index in [0.717, 1.165) is 22.3 Å². The first-order valence-corrected chi connectivity index (χ1v) is 11.6. The predicted octanol–water partition coefficient (Wildman–Crippen LogP) is 5.34. The van der Waals surface area contributed by atoms with E-state index in [4.69, 9.17) is 9.84 Å². The lowest BCUT2D eigenvalue weighted by Gasteiger charge is -2.17. The minimum atomic E-state index is -0.906. The van der Waals surface area contributed by atoms with Gasteiger partial charge >= 0.3 is 12.1 Å². The maximum atomic E-state index is 12.7. The van der Waals surface area contributed by atoms with Crippen molar-refractivity contribution in [2.45, 2.75) is 38.6 Å². The number of carbonyl (C=O) groups is 3. The molecule has 7 nitrogen and oxygen atoms in total. The van der Waals surface area contributed by atoms with Gasteiger partial charge in [-0.15, -0.1) is 0 Å².